The lowest BCUT2D eigenvalue weighted by molar-refractivity contribution is 0.150. The van der Waals surface area contributed by atoms with E-state index in [4.69, 9.17) is 0 Å². The van der Waals surface area contributed by atoms with E-state index in [2.05, 4.69) is 29.9 Å². The molecule has 2 nitrogen and oxygen atoms in total. The van der Waals surface area contributed by atoms with E-state index < -0.39 is 0 Å². The van der Waals surface area contributed by atoms with Crippen LogP contribution in [0.5, 0.6) is 0 Å². The normalized spacial score (nSPS) is 29.0. The van der Waals surface area contributed by atoms with Gasteiger partial charge in [0.25, 0.3) is 0 Å². The number of rotatable bonds is 1. The van der Waals surface area contributed by atoms with Crippen LogP contribution in [-0.2, 0) is 0 Å². The van der Waals surface area contributed by atoms with Gasteiger partial charge in [0, 0.05) is 18.4 Å². The molecule has 0 saturated carbocycles. The second-order valence-corrected chi connectivity index (χ2v) is 4.41. The van der Waals surface area contributed by atoms with Crippen molar-refractivity contribution in [3.05, 3.63) is 30.1 Å². The molecule has 1 aromatic heterocycles. The number of pyridine rings is 1. The first kappa shape index (κ1) is 9.66. The van der Waals surface area contributed by atoms with E-state index >= 15 is 0 Å². The average Bonchev–Trinajstić information content (AvgIpc) is 2.23. The predicted octanol–water partition coefficient (Wildman–Crippen LogP) is 2.48. The summed E-state index contributed by atoms with van der Waals surface area (Å²) in [5.41, 5.74) is 1.36. The first-order valence-electron chi connectivity index (χ1n) is 5.37. The Bertz CT molecular complexity index is 284. The van der Waals surface area contributed by atoms with Gasteiger partial charge in [0.05, 0.1) is 0 Å². The van der Waals surface area contributed by atoms with Crippen LogP contribution in [0.25, 0.3) is 0 Å². The molecule has 2 heteroatoms. The van der Waals surface area contributed by atoms with Crippen LogP contribution >= 0.6 is 0 Å². The Morgan fingerprint density at radius 3 is 3.07 bits per heavy atom. The molecule has 0 radical (unpaired) electrons. The van der Waals surface area contributed by atoms with Crippen LogP contribution < -0.4 is 0 Å². The van der Waals surface area contributed by atoms with Crippen molar-refractivity contribution in [3.63, 3.8) is 0 Å². The Morgan fingerprint density at radius 2 is 2.36 bits per heavy atom. The zero-order chi connectivity index (χ0) is 9.97. The summed E-state index contributed by atoms with van der Waals surface area (Å²) < 4.78 is 0. The molecule has 1 aromatic rings. The van der Waals surface area contributed by atoms with E-state index in [1.807, 2.05) is 18.5 Å². The maximum absolute atomic E-state index is 4.19. The molecule has 76 valence electrons. The van der Waals surface area contributed by atoms with Crippen molar-refractivity contribution in [1.82, 2.24) is 9.88 Å². The summed E-state index contributed by atoms with van der Waals surface area (Å²) in [5.74, 6) is 0.844. The molecule has 1 aliphatic heterocycles. The highest BCUT2D eigenvalue weighted by Gasteiger charge is 2.24. The van der Waals surface area contributed by atoms with Crippen LogP contribution in [0.3, 0.4) is 0 Å². The zero-order valence-corrected chi connectivity index (χ0v) is 8.98. The Balaban J connectivity index is 2.16. The molecule has 0 amide bonds. The fraction of sp³-hybridized carbons (Fsp3) is 0.583. The van der Waals surface area contributed by atoms with Gasteiger partial charge in [0.15, 0.2) is 0 Å². The standard InChI is InChI=1S/C12H18N2/c1-10-5-7-14(2)12(8-10)11-4-3-6-13-9-11/h3-4,6,9-10,12H,5,7-8H2,1-2H3. The zero-order valence-electron chi connectivity index (χ0n) is 8.98. The minimum Gasteiger partial charge on any atom is -0.299 e. The number of nitrogens with zero attached hydrogens (tertiary/aromatic N) is 2. The van der Waals surface area contributed by atoms with E-state index in [1.54, 1.807) is 0 Å². The predicted molar refractivity (Wildman–Crippen MR) is 58.0 cm³/mol. The van der Waals surface area contributed by atoms with Gasteiger partial charge in [0.2, 0.25) is 0 Å². The van der Waals surface area contributed by atoms with Crippen LogP contribution in [0.15, 0.2) is 24.5 Å². The van der Waals surface area contributed by atoms with Gasteiger partial charge in [-0.15, -0.1) is 0 Å². The molecule has 2 rings (SSSR count). The number of hydrogen-bond donors (Lipinski definition) is 0. The third kappa shape index (κ3) is 1.95. The number of aromatic nitrogens is 1. The summed E-state index contributed by atoms with van der Waals surface area (Å²) in [7, 11) is 2.21. The second kappa shape index (κ2) is 4.09. The van der Waals surface area contributed by atoms with E-state index in [0.717, 1.165) is 5.92 Å². The van der Waals surface area contributed by atoms with E-state index in [9.17, 15) is 0 Å². The molecule has 2 atom stereocenters. The number of piperidine rings is 1. The SMILES string of the molecule is CC1CCN(C)C(c2cccnc2)C1. The lowest BCUT2D eigenvalue weighted by Gasteiger charge is -2.35. The van der Waals surface area contributed by atoms with Gasteiger partial charge in [-0.25, -0.2) is 0 Å². The van der Waals surface area contributed by atoms with E-state index in [1.165, 1.54) is 24.9 Å². The van der Waals surface area contributed by atoms with Crippen molar-refractivity contribution >= 4 is 0 Å². The van der Waals surface area contributed by atoms with Gasteiger partial charge in [-0.05, 0) is 44.0 Å². The van der Waals surface area contributed by atoms with Gasteiger partial charge >= 0.3 is 0 Å². The van der Waals surface area contributed by atoms with Crippen molar-refractivity contribution in [2.75, 3.05) is 13.6 Å². The second-order valence-electron chi connectivity index (χ2n) is 4.41. The number of likely N-dealkylation sites (tertiary alicyclic amines) is 1. The molecular weight excluding hydrogens is 172 g/mol. The maximum atomic E-state index is 4.19. The van der Waals surface area contributed by atoms with Crippen molar-refractivity contribution in [1.29, 1.82) is 0 Å². The maximum Gasteiger partial charge on any atom is 0.0362 e. The van der Waals surface area contributed by atoms with Gasteiger partial charge in [0.1, 0.15) is 0 Å². The molecular formula is C12H18N2. The molecule has 14 heavy (non-hydrogen) atoms. The highest BCUT2D eigenvalue weighted by atomic mass is 15.1. The van der Waals surface area contributed by atoms with Crippen LogP contribution in [0.4, 0.5) is 0 Å². The molecule has 0 spiro atoms. The van der Waals surface area contributed by atoms with Crippen LogP contribution in [0, 0.1) is 5.92 Å². The average molecular weight is 190 g/mol. The first-order chi connectivity index (χ1) is 6.77. The summed E-state index contributed by atoms with van der Waals surface area (Å²) in [6.07, 6.45) is 6.43. The Morgan fingerprint density at radius 1 is 1.50 bits per heavy atom. The molecule has 2 heterocycles. The number of hydrogen-bond acceptors (Lipinski definition) is 2. The topological polar surface area (TPSA) is 16.1 Å². The van der Waals surface area contributed by atoms with Crippen LogP contribution in [-0.4, -0.2) is 23.5 Å². The fourth-order valence-corrected chi connectivity index (χ4v) is 2.22. The minimum absolute atomic E-state index is 0.576. The van der Waals surface area contributed by atoms with Crippen molar-refractivity contribution in [3.8, 4) is 0 Å². The monoisotopic (exact) mass is 190 g/mol. The van der Waals surface area contributed by atoms with Crippen LogP contribution in [0.1, 0.15) is 31.4 Å². The summed E-state index contributed by atoms with van der Waals surface area (Å²) >= 11 is 0. The first-order valence-corrected chi connectivity index (χ1v) is 5.37. The molecule has 2 unspecified atom stereocenters. The largest absolute Gasteiger partial charge is 0.299 e. The Labute approximate surface area is 86.0 Å². The fourth-order valence-electron chi connectivity index (χ4n) is 2.22. The van der Waals surface area contributed by atoms with E-state index in [-0.39, 0.29) is 0 Å². The lowest BCUT2D eigenvalue weighted by atomic mass is 9.89. The summed E-state index contributed by atoms with van der Waals surface area (Å²) in [6.45, 7) is 3.55. The van der Waals surface area contributed by atoms with Crippen molar-refractivity contribution < 1.29 is 0 Å². The van der Waals surface area contributed by atoms with Gasteiger partial charge in [-0.1, -0.05) is 13.0 Å². The van der Waals surface area contributed by atoms with Gasteiger partial charge in [-0.2, -0.15) is 0 Å². The molecule has 0 aliphatic carbocycles. The smallest absolute Gasteiger partial charge is 0.0362 e. The van der Waals surface area contributed by atoms with Crippen molar-refractivity contribution in [2.24, 2.45) is 5.92 Å². The Hall–Kier alpha value is -0.890. The van der Waals surface area contributed by atoms with Gasteiger partial charge < -0.3 is 0 Å². The summed E-state index contributed by atoms with van der Waals surface area (Å²) in [6, 6.07) is 4.79. The highest BCUT2D eigenvalue weighted by Crippen LogP contribution is 2.31. The molecule has 1 fully saturated rings. The summed E-state index contributed by atoms with van der Waals surface area (Å²) in [5, 5.41) is 0. The third-order valence-electron chi connectivity index (χ3n) is 3.20. The van der Waals surface area contributed by atoms with Crippen molar-refractivity contribution in [2.45, 2.75) is 25.8 Å². The molecule has 0 N–H and O–H groups in total. The molecule has 0 aromatic carbocycles. The van der Waals surface area contributed by atoms with E-state index in [0.29, 0.717) is 6.04 Å². The molecule has 0 bridgehead atoms. The lowest BCUT2D eigenvalue weighted by Crippen LogP contribution is -2.32. The summed E-state index contributed by atoms with van der Waals surface area (Å²) in [4.78, 5) is 6.63. The third-order valence-corrected chi connectivity index (χ3v) is 3.20. The Kier molecular flexibility index (Phi) is 2.82. The molecule has 1 aliphatic rings. The van der Waals surface area contributed by atoms with Gasteiger partial charge in [-0.3, -0.25) is 9.88 Å². The minimum atomic E-state index is 0.576. The quantitative estimate of drug-likeness (QED) is 0.676. The highest BCUT2D eigenvalue weighted by molar-refractivity contribution is 5.14. The molecule has 1 saturated heterocycles. The van der Waals surface area contributed by atoms with Crippen LogP contribution in [0.2, 0.25) is 0 Å².